The Morgan fingerprint density at radius 3 is 2.92 bits per heavy atom. The molecule has 2 heterocycles. The number of alkyl halides is 1. The third kappa shape index (κ3) is 2.13. The second-order valence-corrected chi connectivity index (χ2v) is 5.60. The summed E-state index contributed by atoms with van der Waals surface area (Å²) in [4.78, 5) is 6.59. The van der Waals surface area contributed by atoms with E-state index >= 15 is 0 Å². The topological polar surface area (TPSA) is 12.9 Å². The van der Waals surface area contributed by atoms with Crippen molar-refractivity contribution in [2.24, 2.45) is 0 Å². The highest BCUT2D eigenvalue weighted by Gasteiger charge is 2.05. The van der Waals surface area contributed by atoms with Crippen LogP contribution in [0.15, 0.2) is 22.1 Å². The van der Waals surface area contributed by atoms with Crippen molar-refractivity contribution >= 4 is 50.2 Å². The van der Waals surface area contributed by atoms with Crippen molar-refractivity contribution in [3.63, 3.8) is 0 Å². The molecule has 2 rings (SSSR count). The fraction of sp³-hybridized carbons (Fsp3) is 0.125. The molecule has 0 spiro atoms. The third-order valence-electron chi connectivity index (χ3n) is 1.46. The molecule has 13 heavy (non-hydrogen) atoms. The van der Waals surface area contributed by atoms with E-state index in [1.54, 1.807) is 22.7 Å². The smallest absolute Gasteiger partial charge is 0.133 e. The molecule has 1 nitrogen and oxygen atoms in total. The quantitative estimate of drug-likeness (QED) is 0.749. The number of halogens is 2. The van der Waals surface area contributed by atoms with E-state index in [-0.39, 0.29) is 0 Å². The molecule has 0 bridgehead atoms. The predicted octanol–water partition coefficient (Wildman–Crippen LogP) is 4.37. The Hall–Kier alpha value is 0.1000. The number of thiazole rings is 1. The zero-order valence-electron chi connectivity index (χ0n) is 6.46. The summed E-state index contributed by atoms with van der Waals surface area (Å²) in [7, 11) is 0. The van der Waals surface area contributed by atoms with E-state index < -0.39 is 0 Å². The van der Waals surface area contributed by atoms with Crippen molar-refractivity contribution in [3.8, 4) is 9.88 Å². The number of rotatable bonds is 2. The molecule has 0 aromatic carbocycles. The molecule has 0 aliphatic heterocycles. The molecule has 0 N–H and O–H groups in total. The number of hydrogen-bond donors (Lipinski definition) is 0. The molecule has 0 aliphatic carbocycles. The number of aromatic nitrogens is 1. The van der Waals surface area contributed by atoms with Gasteiger partial charge < -0.3 is 0 Å². The highest BCUT2D eigenvalue weighted by molar-refractivity contribution is 9.10. The summed E-state index contributed by atoms with van der Waals surface area (Å²) in [5.74, 6) is 0.546. The van der Waals surface area contributed by atoms with Gasteiger partial charge in [-0.2, -0.15) is 0 Å². The van der Waals surface area contributed by atoms with E-state index in [1.165, 1.54) is 4.88 Å². The van der Waals surface area contributed by atoms with Gasteiger partial charge in [0.2, 0.25) is 0 Å². The highest BCUT2D eigenvalue weighted by atomic mass is 79.9. The first-order chi connectivity index (χ1) is 6.29. The normalized spacial score (nSPS) is 10.6. The van der Waals surface area contributed by atoms with Gasteiger partial charge in [-0.3, -0.25) is 0 Å². The molecule has 2 aromatic rings. The molecule has 68 valence electrons. The summed E-state index contributed by atoms with van der Waals surface area (Å²) in [6, 6.07) is 2.07. The molecule has 0 aliphatic rings. The second-order valence-electron chi connectivity index (χ2n) is 2.39. The fourth-order valence-electron chi connectivity index (χ4n) is 0.908. The third-order valence-corrected chi connectivity index (χ3v) is 4.77. The monoisotopic (exact) mass is 293 g/mol. The van der Waals surface area contributed by atoms with Gasteiger partial charge in [0.15, 0.2) is 0 Å². The largest absolute Gasteiger partial charge is 0.243 e. The van der Waals surface area contributed by atoms with Gasteiger partial charge in [0, 0.05) is 20.9 Å². The highest BCUT2D eigenvalue weighted by Crippen LogP contribution is 2.32. The molecule has 5 heteroatoms. The van der Waals surface area contributed by atoms with Crippen molar-refractivity contribution < 1.29 is 0 Å². The zero-order valence-corrected chi connectivity index (χ0v) is 10.4. The number of hydrogen-bond acceptors (Lipinski definition) is 3. The number of nitrogens with zero attached hydrogens (tertiary/aromatic N) is 1. The Bertz CT molecular complexity index is 410. The van der Waals surface area contributed by atoms with Crippen LogP contribution < -0.4 is 0 Å². The molecule has 0 unspecified atom stereocenters. The van der Waals surface area contributed by atoms with Crippen molar-refractivity contribution in [1.29, 1.82) is 0 Å². The van der Waals surface area contributed by atoms with Crippen LogP contribution in [0.3, 0.4) is 0 Å². The lowest BCUT2D eigenvalue weighted by Gasteiger charge is -1.85. The molecule has 2 aromatic heterocycles. The summed E-state index contributed by atoms with van der Waals surface area (Å²) < 4.78 is 1.11. The maximum Gasteiger partial charge on any atom is 0.133 e. The van der Waals surface area contributed by atoms with Gasteiger partial charge in [-0.05, 0) is 22.0 Å². The van der Waals surface area contributed by atoms with Gasteiger partial charge in [-0.15, -0.1) is 34.3 Å². The lowest BCUT2D eigenvalue weighted by Crippen LogP contribution is -1.64. The first-order valence-electron chi connectivity index (χ1n) is 3.54. The molecule has 0 fully saturated rings. The van der Waals surface area contributed by atoms with Crippen LogP contribution in [-0.2, 0) is 5.88 Å². The Morgan fingerprint density at radius 1 is 1.54 bits per heavy atom. The minimum atomic E-state index is 0.546. The van der Waals surface area contributed by atoms with Gasteiger partial charge in [0.05, 0.1) is 10.8 Å². The van der Waals surface area contributed by atoms with Crippen LogP contribution in [0, 0.1) is 0 Å². The van der Waals surface area contributed by atoms with E-state index in [0.717, 1.165) is 14.4 Å². The van der Waals surface area contributed by atoms with Crippen molar-refractivity contribution in [1.82, 2.24) is 4.98 Å². The molecule has 0 atom stereocenters. The molecular weight excluding hydrogens is 290 g/mol. The Morgan fingerprint density at radius 2 is 2.38 bits per heavy atom. The average molecular weight is 295 g/mol. The summed E-state index contributed by atoms with van der Waals surface area (Å²) >= 11 is 12.4. The molecule has 0 amide bonds. The number of thiophene rings is 1. The lowest BCUT2D eigenvalue weighted by atomic mass is 10.5. The predicted molar refractivity (Wildman–Crippen MR) is 62.7 cm³/mol. The summed E-state index contributed by atoms with van der Waals surface area (Å²) in [5.41, 5.74) is 0. The van der Waals surface area contributed by atoms with E-state index in [1.807, 2.05) is 6.20 Å². The Kier molecular flexibility index (Phi) is 3.03. The molecule has 0 saturated carbocycles. The van der Waals surface area contributed by atoms with Crippen LogP contribution in [0.2, 0.25) is 0 Å². The molecule has 0 saturated heterocycles. The Labute approximate surface area is 97.5 Å². The van der Waals surface area contributed by atoms with Crippen molar-refractivity contribution in [2.45, 2.75) is 5.88 Å². The first kappa shape index (κ1) is 9.65. The minimum absolute atomic E-state index is 0.546. The SMILES string of the molecule is ClCc1cnc(-c2cc(Br)cs2)s1. The van der Waals surface area contributed by atoms with Gasteiger partial charge >= 0.3 is 0 Å². The van der Waals surface area contributed by atoms with Gasteiger partial charge in [-0.25, -0.2) is 4.98 Å². The van der Waals surface area contributed by atoms with E-state index in [0.29, 0.717) is 5.88 Å². The maximum atomic E-state index is 5.70. The van der Waals surface area contributed by atoms with Crippen molar-refractivity contribution in [3.05, 3.63) is 27.0 Å². The van der Waals surface area contributed by atoms with Crippen LogP contribution in [0.1, 0.15) is 4.88 Å². The summed E-state index contributed by atoms with van der Waals surface area (Å²) in [6.45, 7) is 0. The van der Waals surface area contributed by atoms with Gasteiger partial charge in [0.25, 0.3) is 0 Å². The van der Waals surface area contributed by atoms with Crippen LogP contribution in [0.5, 0.6) is 0 Å². The van der Waals surface area contributed by atoms with Crippen LogP contribution in [-0.4, -0.2) is 4.98 Å². The van der Waals surface area contributed by atoms with E-state index in [4.69, 9.17) is 11.6 Å². The van der Waals surface area contributed by atoms with Crippen LogP contribution >= 0.6 is 50.2 Å². The maximum absolute atomic E-state index is 5.70. The summed E-state index contributed by atoms with van der Waals surface area (Å²) in [5, 5.41) is 3.10. The average Bonchev–Trinajstić information content (AvgIpc) is 2.71. The van der Waals surface area contributed by atoms with E-state index in [2.05, 4.69) is 32.4 Å². The first-order valence-corrected chi connectivity index (χ1v) is 6.57. The van der Waals surface area contributed by atoms with Crippen molar-refractivity contribution in [2.75, 3.05) is 0 Å². The molecular formula is C8H5BrClNS2. The van der Waals surface area contributed by atoms with Crippen LogP contribution in [0.4, 0.5) is 0 Å². The minimum Gasteiger partial charge on any atom is -0.243 e. The standard InChI is InChI=1S/C8H5BrClNS2/c9-5-1-7(12-4-5)8-11-3-6(2-10)13-8/h1,3-4H,2H2. The lowest BCUT2D eigenvalue weighted by molar-refractivity contribution is 1.37. The van der Waals surface area contributed by atoms with Gasteiger partial charge in [-0.1, -0.05) is 0 Å². The fourth-order valence-corrected chi connectivity index (χ4v) is 3.40. The Balaban J connectivity index is 2.35. The summed E-state index contributed by atoms with van der Waals surface area (Å²) in [6.07, 6.45) is 1.83. The molecule has 0 radical (unpaired) electrons. The van der Waals surface area contributed by atoms with Gasteiger partial charge in [0.1, 0.15) is 5.01 Å². The van der Waals surface area contributed by atoms with E-state index in [9.17, 15) is 0 Å². The second kappa shape index (κ2) is 4.09. The van der Waals surface area contributed by atoms with Crippen LogP contribution in [0.25, 0.3) is 9.88 Å². The zero-order chi connectivity index (χ0) is 9.26.